The van der Waals surface area contributed by atoms with Gasteiger partial charge in [0.05, 0.1) is 44.8 Å². The summed E-state index contributed by atoms with van der Waals surface area (Å²) in [6.45, 7) is 0.461. The smallest absolute Gasteiger partial charge is 0.503 e. The fraction of sp³-hybridized carbons (Fsp3) is 0.455. The van der Waals surface area contributed by atoms with Crippen molar-refractivity contribution >= 4 is 33.6 Å². The van der Waals surface area contributed by atoms with E-state index >= 15 is 0 Å². The van der Waals surface area contributed by atoms with Gasteiger partial charge in [-0.15, -0.1) is 0 Å². The number of carboxylic acid groups (broad SMARTS) is 1. The predicted molar refractivity (Wildman–Crippen MR) is 123 cm³/mol. The lowest BCUT2D eigenvalue weighted by atomic mass is 10.0. The number of hydrogen-bond acceptors (Lipinski definition) is 9. The minimum atomic E-state index is -4.90. The van der Waals surface area contributed by atoms with Crippen molar-refractivity contribution in [2.75, 3.05) is 34.5 Å². The number of carbonyl (C=O) groups is 2. The third-order valence-corrected chi connectivity index (χ3v) is 6.03. The van der Waals surface area contributed by atoms with Gasteiger partial charge < -0.3 is 28.8 Å². The van der Waals surface area contributed by atoms with Crippen molar-refractivity contribution in [1.82, 2.24) is 10.0 Å². The molecule has 0 saturated carbocycles. The van der Waals surface area contributed by atoms with Crippen molar-refractivity contribution in [3.05, 3.63) is 51.8 Å². The average Bonchev–Trinajstić information content (AvgIpc) is 3.06. The molecule has 2 atom stereocenters. The van der Waals surface area contributed by atoms with E-state index in [1.165, 1.54) is 27.2 Å². The van der Waals surface area contributed by atoms with E-state index in [1.807, 2.05) is 0 Å². The van der Waals surface area contributed by atoms with E-state index in [-0.39, 0.29) is 39.5 Å². The average molecular weight is 583 g/mol. The first-order chi connectivity index (χ1) is 17.0. The van der Waals surface area contributed by atoms with Crippen LogP contribution >= 0.6 is 15.9 Å². The van der Waals surface area contributed by atoms with Crippen molar-refractivity contribution in [3.8, 4) is 0 Å². The van der Waals surface area contributed by atoms with Crippen molar-refractivity contribution in [1.29, 1.82) is 0 Å². The number of methoxy groups -OCH3 is 3. The summed E-state index contributed by atoms with van der Waals surface area (Å²) in [5, 5.41) is 10.4. The maximum Gasteiger partial charge on any atom is 0.508 e. The third-order valence-electron chi connectivity index (χ3n) is 4.99. The lowest BCUT2D eigenvalue weighted by Crippen LogP contribution is -2.54. The summed E-state index contributed by atoms with van der Waals surface area (Å²) in [4.78, 5) is 23.2. The van der Waals surface area contributed by atoms with Crippen LogP contribution in [0.1, 0.15) is 18.1 Å². The molecule has 1 aliphatic heterocycles. The van der Waals surface area contributed by atoms with Gasteiger partial charge in [0, 0.05) is 12.7 Å². The number of carboxylic acids is 1. The zero-order valence-corrected chi connectivity index (χ0v) is 21.5. The van der Waals surface area contributed by atoms with E-state index in [0.717, 1.165) is 18.4 Å². The molecule has 0 amide bonds. The Hall–Kier alpha value is -2.81. The molecule has 0 spiro atoms. The normalized spacial score (nSPS) is 17.8. The number of hydrogen-bond donors (Lipinski definition) is 1. The van der Waals surface area contributed by atoms with Crippen LogP contribution in [-0.2, 0) is 35.1 Å². The number of alkyl halides is 3. The molecule has 10 nitrogen and oxygen atoms in total. The van der Waals surface area contributed by atoms with Crippen LogP contribution in [0, 0.1) is 0 Å². The largest absolute Gasteiger partial charge is 0.508 e. The van der Waals surface area contributed by atoms with Gasteiger partial charge in [-0.25, -0.2) is 9.59 Å². The first-order valence-corrected chi connectivity index (χ1v) is 11.1. The predicted octanol–water partition coefficient (Wildman–Crippen LogP) is 4.08. The van der Waals surface area contributed by atoms with Crippen LogP contribution in [0.15, 0.2) is 40.7 Å². The molecule has 2 rings (SSSR count). The van der Waals surface area contributed by atoms with E-state index in [4.69, 9.17) is 18.9 Å². The van der Waals surface area contributed by atoms with Crippen LogP contribution in [0.3, 0.4) is 0 Å². The molecule has 1 N–H and O–H groups in total. The van der Waals surface area contributed by atoms with Gasteiger partial charge in [-0.05, 0) is 34.0 Å². The topological polar surface area (TPSA) is 107 Å². The number of halogens is 4. The van der Waals surface area contributed by atoms with Crippen molar-refractivity contribution < 1.29 is 51.6 Å². The lowest BCUT2D eigenvalue weighted by Gasteiger charge is -2.36. The Morgan fingerprint density at radius 3 is 2.44 bits per heavy atom. The number of ether oxygens (including phenoxy) is 5. The Bertz CT molecular complexity index is 1000. The quantitative estimate of drug-likeness (QED) is 0.177. The van der Waals surface area contributed by atoms with Crippen LogP contribution in [0.4, 0.5) is 18.0 Å². The maximum atomic E-state index is 14.2. The molecule has 0 aromatic heterocycles. The number of carbonyl (C=O) groups excluding carboxylic acids is 1. The van der Waals surface area contributed by atoms with Crippen molar-refractivity contribution in [2.45, 2.75) is 32.2 Å². The fourth-order valence-corrected chi connectivity index (χ4v) is 3.97. The second kappa shape index (κ2) is 12.9. The molecule has 0 fully saturated rings. The van der Waals surface area contributed by atoms with Gasteiger partial charge in [0.25, 0.3) is 0 Å². The molecule has 1 aliphatic rings. The molecule has 2 unspecified atom stereocenters. The molecule has 0 bridgehead atoms. The van der Waals surface area contributed by atoms with Gasteiger partial charge in [-0.3, -0.25) is 5.01 Å². The zero-order chi connectivity index (χ0) is 27.0. The zero-order valence-electron chi connectivity index (χ0n) is 19.9. The molecular weight excluding hydrogens is 557 g/mol. The molecule has 0 radical (unpaired) electrons. The van der Waals surface area contributed by atoms with Gasteiger partial charge in [0.1, 0.15) is 11.7 Å². The Labute approximate surface area is 213 Å². The van der Waals surface area contributed by atoms with E-state index < -0.39 is 37.3 Å². The standard InChI is InChI=1S/C22H26BrF3N2O8/c1-13-18(23)27(9-15(11-32-2)36-21(31)34-4)28(22(24,25)26)19(13)35-10-14-7-5-6-8-16(14)17(12-33-3)20(29)30/h5-8,12,15,19H,9-11H2,1-4H3,(H,29,30)/b17-12+. The summed E-state index contributed by atoms with van der Waals surface area (Å²) in [6.07, 6.45) is -7.65. The monoisotopic (exact) mass is 582 g/mol. The highest BCUT2D eigenvalue weighted by atomic mass is 79.9. The second-order valence-corrected chi connectivity index (χ2v) is 8.16. The van der Waals surface area contributed by atoms with E-state index in [9.17, 15) is 27.9 Å². The van der Waals surface area contributed by atoms with E-state index in [2.05, 4.69) is 20.7 Å². The number of hydrazine groups is 1. The number of benzene rings is 1. The Balaban J connectivity index is 2.35. The van der Waals surface area contributed by atoms with Crippen LogP contribution in [0.5, 0.6) is 0 Å². The first kappa shape index (κ1) is 29.4. The second-order valence-electron chi connectivity index (χ2n) is 7.41. The molecule has 36 heavy (non-hydrogen) atoms. The molecule has 1 heterocycles. The molecule has 0 aliphatic carbocycles. The van der Waals surface area contributed by atoms with Crippen LogP contribution in [0.2, 0.25) is 0 Å². The third kappa shape index (κ3) is 7.12. The Morgan fingerprint density at radius 1 is 1.22 bits per heavy atom. The van der Waals surface area contributed by atoms with Gasteiger partial charge in [-0.1, -0.05) is 29.3 Å². The van der Waals surface area contributed by atoms with Gasteiger partial charge in [0.15, 0.2) is 6.23 Å². The summed E-state index contributed by atoms with van der Waals surface area (Å²) >= 11 is 3.18. The van der Waals surface area contributed by atoms with Gasteiger partial charge in [-0.2, -0.15) is 13.2 Å². The highest BCUT2D eigenvalue weighted by molar-refractivity contribution is 9.11. The molecule has 14 heteroatoms. The fourth-order valence-electron chi connectivity index (χ4n) is 3.46. The molecular formula is C22H26BrF3N2O8. The van der Waals surface area contributed by atoms with Crippen LogP contribution < -0.4 is 0 Å². The lowest BCUT2D eigenvalue weighted by molar-refractivity contribution is -0.338. The molecule has 1 aromatic rings. The first-order valence-electron chi connectivity index (χ1n) is 10.4. The van der Waals surface area contributed by atoms with Crippen LogP contribution in [0.25, 0.3) is 5.57 Å². The maximum absolute atomic E-state index is 14.2. The summed E-state index contributed by atoms with van der Waals surface area (Å²) in [5.74, 6) is -1.28. The summed E-state index contributed by atoms with van der Waals surface area (Å²) in [6, 6.07) is 6.23. The highest BCUT2D eigenvalue weighted by Gasteiger charge is 2.52. The van der Waals surface area contributed by atoms with Gasteiger partial charge >= 0.3 is 18.4 Å². The molecule has 0 saturated heterocycles. The summed E-state index contributed by atoms with van der Waals surface area (Å²) < 4.78 is 67.6. The van der Waals surface area contributed by atoms with Crippen LogP contribution in [-0.4, -0.2) is 80.4 Å². The summed E-state index contributed by atoms with van der Waals surface area (Å²) in [5.41, 5.74) is 0.560. The Morgan fingerprint density at radius 2 is 1.89 bits per heavy atom. The van der Waals surface area contributed by atoms with E-state index in [1.54, 1.807) is 18.2 Å². The highest BCUT2D eigenvalue weighted by Crippen LogP contribution is 2.41. The SMILES string of the molecule is CO/C=C(/C(=O)O)c1ccccc1COC1C(C)=C(Br)N(CC(COC)OC(=O)OC)N1C(F)(F)F. The van der Waals surface area contributed by atoms with Crippen molar-refractivity contribution in [3.63, 3.8) is 0 Å². The number of aliphatic carboxylic acids is 1. The number of nitrogens with zero attached hydrogens (tertiary/aromatic N) is 2. The van der Waals surface area contributed by atoms with Crippen molar-refractivity contribution in [2.24, 2.45) is 0 Å². The minimum Gasteiger partial charge on any atom is -0.503 e. The Kier molecular flexibility index (Phi) is 10.6. The van der Waals surface area contributed by atoms with E-state index in [0.29, 0.717) is 5.56 Å². The molecule has 1 aromatic carbocycles. The van der Waals surface area contributed by atoms with Gasteiger partial charge in [0.2, 0.25) is 0 Å². The minimum absolute atomic E-state index is 0.0431. The molecule has 200 valence electrons. The summed E-state index contributed by atoms with van der Waals surface area (Å²) in [7, 11) is 3.66. The number of rotatable bonds is 11.